The lowest BCUT2D eigenvalue weighted by Gasteiger charge is -2.09. The molecule has 0 aliphatic carbocycles. The van der Waals surface area contributed by atoms with Crippen LogP contribution in [0.3, 0.4) is 0 Å². The summed E-state index contributed by atoms with van der Waals surface area (Å²) in [5.74, 6) is -0.429. The van der Waals surface area contributed by atoms with Crippen LogP contribution in [-0.4, -0.2) is 15.7 Å². The Balaban J connectivity index is 1.81. The maximum absolute atomic E-state index is 12.6. The fourth-order valence-corrected chi connectivity index (χ4v) is 2.59. The zero-order valence-corrected chi connectivity index (χ0v) is 14.1. The van der Waals surface area contributed by atoms with Gasteiger partial charge in [-0.15, -0.1) is 0 Å². The average Bonchev–Trinajstić information content (AvgIpc) is 2.96. The molecule has 1 aromatic heterocycles. The van der Waals surface area contributed by atoms with Gasteiger partial charge in [0.25, 0.3) is 5.91 Å². The van der Waals surface area contributed by atoms with E-state index in [0.717, 1.165) is 23.4 Å². The van der Waals surface area contributed by atoms with E-state index in [1.807, 2.05) is 31.2 Å². The molecule has 1 N–H and O–H groups in total. The zero-order valence-electron chi connectivity index (χ0n) is 14.1. The molecule has 1 amide bonds. The van der Waals surface area contributed by atoms with Crippen LogP contribution in [0, 0.1) is 13.8 Å². The summed E-state index contributed by atoms with van der Waals surface area (Å²) in [4.78, 5) is 12.4. The molecular weight excluding hydrogens is 343 g/mol. The van der Waals surface area contributed by atoms with Crippen molar-refractivity contribution >= 4 is 11.6 Å². The Hall–Kier alpha value is -3.09. The van der Waals surface area contributed by atoms with Crippen molar-refractivity contribution < 1.29 is 18.0 Å². The summed E-state index contributed by atoms with van der Waals surface area (Å²) in [5.41, 5.74) is 2.40. The Kier molecular flexibility index (Phi) is 4.54. The molecule has 0 spiro atoms. The fourth-order valence-electron chi connectivity index (χ4n) is 2.59. The number of carbonyl (C=O) groups excluding carboxylic acids is 1. The molecule has 0 aliphatic rings. The fraction of sp³-hybridized carbons (Fsp3) is 0.158. The predicted octanol–water partition coefficient (Wildman–Crippen LogP) is 4.76. The highest BCUT2D eigenvalue weighted by molar-refractivity contribution is 6.05. The third-order valence-electron chi connectivity index (χ3n) is 3.97. The van der Waals surface area contributed by atoms with E-state index in [4.69, 9.17) is 0 Å². The van der Waals surface area contributed by atoms with Crippen molar-refractivity contribution in [2.24, 2.45) is 0 Å². The van der Waals surface area contributed by atoms with E-state index in [1.54, 1.807) is 11.6 Å². The molecule has 0 radical (unpaired) electrons. The number of hydrogen-bond acceptors (Lipinski definition) is 2. The van der Waals surface area contributed by atoms with Crippen LogP contribution in [0.1, 0.15) is 27.2 Å². The van der Waals surface area contributed by atoms with Gasteiger partial charge >= 0.3 is 6.18 Å². The van der Waals surface area contributed by atoms with Gasteiger partial charge in [0, 0.05) is 5.69 Å². The quantitative estimate of drug-likeness (QED) is 0.733. The summed E-state index contributed by atoms with van der Waals surface area (Å²) >= 11 is 0. The summed E-state index contributed by atoms with van der Waals surface area (Å²) in [6.07, 6.45) is -2.97. The van der Waals surface area contributed by atoms with E-state index in [1.165, 1.54) is 18.3 Å². The molecule has 7 heteroatoms. The Bertz CT molecular complexity index is 943. The number of carbonyl (C=O) groups is 1. The number of nitrogens with zero attached hydrogens (tertiary/aromatic N) is 2. The molecule has 26 heavy (non-hydrogen) atoms. The van der Waals surface area contributed by atoms with Gasteiger partial charge in [-0.3, -0.25) is 4.79 Å². The van der Waals surface area contributed by atoms with Crippen molar-refractivity contribution in [1.29, 1.82) is 0 Å². The predicted molar refractivity (Wildman–Crippen MR) is 92.4 cm³/mol. The Morgan fingerprint density at radius 1 is 1.08 bits per heavy atom. The van der Waals surface area contributed by atoms with Gasteiger partial charge in [0.1, 0.15) is 0 Å². The number of aryl methyl sites for hydroxylation is 1. The number of hydrogen-bond donors (Lipinski definition) is 1. The lowest BCUT2D eigenvalue weighted by molar-refractivity contribution is -0.137. The minimum absolute atomic E-state index is 0.283. The molecule has 0 unspecified atom stereocenters. The second-order valence-corrected chi connectivity index (χ2v) is 5.92. The van der Waals surface area contributed by atoms with Crippen LogP contribution in [0.4, 0.5) is 18.9 Å². The topological polar surface area (TPSA) is 46.9 Å². The maximum Gasteiger partial charge on any atom is 0.416 e. The number of rotatable bonds is 3. The smallest absolute Gasteiger partial charge is 0.322 e. The minimum atomic E-state index is -4.41. The van der Waals surface area contributed by atoms with Crippen molar-refractivity contribution in [3.63, 3.8) is 0 Å². The minimum Gasteiger partial charge on any atom is -0.322 e. The monoisotopic (exact) mass is 359 g/mol. The highest BCUT2D eigenvalue weighted by Crippen LogP contribution is 2.30. The molecule has 134 valence electrons. The van der Waals surface area contributed by atoms with E-state index in [-0.39, 0.29) is 5.69 Å². The van der Waals surface area contributed by atoms with Crippen molar-refractivity contribution in [2.75, 3.05) is 5.32 Å². The van der Waals surface area contributed by atoms with Gasteiger partial charge in [-0.2, -0.15) is 18.3 Å². The standard InChI is InChI=1S/C19H16F3N3O/c1-12-4-3-5-16(10-12)25-13(2)17(11-23-25)18(26)24-15-8-6-14(7-9-15)19(20,21)22/h3-11H,1-2H3,(H,24,26). The normalized spacial score (nSPS) is 11.4. The maximum atomic E-state index is 12.6. The highest BCUT2D eigenvalue weighted by atomic mass is 19.4. The van der Waals surface area contributed by atoms with E-state index in [2.05, 4.69) is 10.4 Å². The second kappa shape index (κ2) is 6.67. The lowest BCUT2D eigenvalue weighted by Crippen LogP contribution is -2.13. The van der Waals surface area contributed by atoms with Gasteiger partial charge in [-0.05, 0) is 55.8 Å². The van der Waals surface area contributed by atoms with Gasteiger partial charge in [0.05, 0.1) is 28.7 Å². The van der Waals surface area contributed by atoms with Crippen molar-refractivity contribution in [2.45, 2.75) is 20.0 Å². The molecule has 0 aliphatic heterocycles. The lowest BCUT2D eigenvalue weighted by atomic mass is 10.2. The van der Waals surface area contributed by atoms with Crippen molar-refractivity contribution in [3.8, 4) is 5.69 Å². The van der Waals surface area contributed by atoms with Gasteiger partial charge in [-0.25, -0.2) is 4.68 Å². The van der Waals surface area contributed by atoms with Gasteiger partial charge < -0.3 is 5.32 Å². The summed E-state index contributed by atoms with van der Waals surface area (Å²) < 4.78 is 39.4. The van der Waals surface area contributed by atoms with Crippen LogP contribution in [-0.2, 0) is 6.18 Å². The number of alkyl halides is 3. The number of nitrogens with one attached hydrogen (secondary N) is 1. The molecular formula is C19H16F3N3O. The average molecular weight is 359 g/mol. The van der Waals surface area contributed by atoms with E-state index < -0.39 is 17.6 Å². The molecule has 3 aromatic rings. The SMILES string of the molecule is Cc1cccc(-n2ncc(C(=O)Nc3ccc(C(F)(F)F)cc3)c2C)c1. The van der Waals surface area contributed by atoms with E-state index in [9.17, 15) is 18.0 Å². The van der Waals surface area contributed by atoms with E-state index in [0.29, 0.717) is 11.3 Å². The molecule has 0 saturated carbocycles. The summed E-state index contributed by atoms with van der Waals surface area (Å²) in [5, 5.41) is 6.84. The third kappa shape index (κ3) is 3.61. The molecule has 0 fully saturated rings. The molecule has 3 rings (SSSR count). The first-order valence-corrected chi connectivity index (χ1v) is 7.86. The number of amides is 1. The number of anilines is 1. The van der Waals surface area contributed by atoms with Crippen LogP contribution in [0.5, 0.6) is 0 Å². The molecule has 2 aromatic carbocycles. The van der Waals surface area contributed by atoms with Crippen molar-refractivity contribution in [3.05, 3.63) is 77.1 Å². The first-order chi connectivity index (χ1) is 12.3. The Labute approximate surface area is 148 Å². The number of halogens is 3. The van der Waals surface area contributed by atoms with E-state index >= 15 is 0 Å². The second-order valence-electron chi connectivity index (χ2n) is 5.92. The van der Waals surface area contributed by atoms with Crippen LogP contribution in [0.15, 0.2) is 54.7 Å². The first-order valence-electron chi connectivity index (χ1n) is 7.86. The van der Waals surface area contributed by atoms with Gasteiger partial charge in [0.15, 0.2) is 0 Å². The largest absolute Gasteiger partial charge is 0.416 e. The van der Waals surface area contributed by atoms with Crippen LogP contribution in [0.25, 0.3) is 5.69 Å². The van der Waals surface area contributed by atoms with Crippen LogP contribution < -0.4 is 5.32 Å². The van der Waals surface area contributed by atoms with Crippen molar-refractivity contribution in [1.82, 2.24) is 9.78 Å². The highest BCUT2D eigenvalue weighted by Gasteiger charge is 2.30. The summed E-state index contributed by atoms with van der Waals surface area (Å²) in [7, 11) is 0. The summed E-state index contributed by atoms with van der Waals surface area (Å²) in [6, 6.07) is 12.0. The van der Waals surface area contributed by atoms with Gasteiger partial charge in [-0.1, -0.05) is 12.1 Å². The number of aromatic nitrogens is 2. The molecule has 1 heterocycles. The van der Waals surface area contributed by atoms with Gasteiger partial charge in [0.2, 0.25) is 0 Å². The number of benzene rings is 2. The zero-order chi connectivity index (χ0) is 18.9. The van der Waals surface area contributed by atoms with Crippen LogP contribution >= 0.6 is 0 Å². The van der Waals surface area contributed by atoms with Crippen LogP contribution in [0.2, 0.25) is 0 Å². The molecule has 4 nitrogen and oxygen atoms in total. The Morgan fingerprint density at radius 3 is 2.38 bits per heavy atom. The molecule has 0 atom stereocenters. The first kappa shape index (κ1) is 17.7. The summed E-state index contributed by atoms with van der Waals surface area (Å²) in [6.45, 7) is 3.72. The molecule has 0 bridgehead atoms. The molecule has 0 saturated heterocycles. The Morgan fingerprint density at radius 2 is 1.77 bits per heavy atom. The third-order valence-corrected chi connectivity index (χ3v) is 3.97.